The third kappa shape index (κ3) is 5.87. The largest absolute Gasteiger partial charge is 0.416 e. The summed E-state index contributed by atoms with van der Waals surface area (Å²) in [6, 6.07) is 3.74. The maximum absolute atomic E-state index is 13.6. The Bertz CT molecular complexity index is 1200. The van der Waals surface area contributed by atoms with E-state index < -0.39 is 11.7 Å². The summed E-state index contributed by atoms with van der Waals surface area (Å²) in [7, 11) is 1.56. The number of tetrazole rings is 1. The first-order chi connectivity index (χ1) is 16.2. The molecule has 0 aliphatic carbocycles. The van der Waals surface area contributed by atoms with Crippen LogP contribution in [-0.4, -0.2) is 47.3 Å². The number of piperidine rings is 1. The summed E-state index contributed by atoms with van der Waals surface area (Å²) in [6.45, 7) is 10.6. The Hall–Kier alpha value is -3.28. The molecular formula is C23H30F3N9. The summed E-state index contributed by atoms with van der Waals surface area (Å²) in [4.78, 5) is 8.86. The lowest BCUT2D eigenvalue weighted by Crippen LogP contribution is -2.60. The minimum absolute atomic E-state index is 0.0510. The predicted octanol–water partition coefficient (Wildman–Crippen LogP) is 4.46. The van der Waals surface area contributed by atoms with E-state index in [2.05, 4.69) is 69.1 Å². The monoisotopic (exact) mass is 489 g/mol. The molecule has 2 aromatic heterocycles. The number of nitrogens with one attached hydrogen (secondary N) is 3. The van der Waals surface area contributed by atoms with E-state index in [0.717, 1.165) is 30.5 Å². The van der Waals surface area contributed by atoms with Crippen LogP contribution in [0.4, 0.5) is 30.6 Å². The van der Waals surface area contributed by atoms with Crippen LogP contribution >= 0.6 is 0 Å². The number of benzene rings is 1. The molecule has 0 bridgehead atoms. The number of aromatic nitrogens is 6. The second-order valence-corrected chi connectivity index (χ2v) is 10.4. The summed E-state index contributed by atoms with van der Waals surface area (Å²) >= 11 is 0. The maximum atomic E-state index is 13.6. The molecule has 35 heavy (non-hydrogen) atoms. The quantitative estimate of drug-likeness (QED) is 0.483. The van der Waals surface area contributed by atoms with Gasteiger partial charge in [0.2, 0.25) is 5.95 Å². The van der Waals surface area contributed by atoms with Gasteiger partial charge < -0.3 is 16.0 Å². The van der Waals surface area contributed by atoms with Gasteiger partial charge in [0, 0.05) is 47.2 Å². The first-order valence-corrected chi connectivity index (χ1v) is 11.3. The normalized spacial score (nSPS) is 17.9. The SMILES string of the molecule is Cc1cnc(Nc2cc(-c3nnnn3C)cc(C(F)(F)F)c2)nc1NC1CC(C)(C)NC(C)(C)C1. The molecule has 0 radical (unpaired) electrons. The molecular weight excluding hydrogens is 459 g/mol. The maximum Gasteiger partial charge on any atom is 0.416 e. The number of aryl methyl sites for hydroxylation is 2. The Balaban J connectivity index is 1.63. The van der Waals surface area contributed by atoms with Crippen LogP contribution in [0.15, 0.2) is 24.4 Å². The van der Waals surface area contributed by atoms with E-state index in [1.54, 1.807) is 13.2 Å². The smallest absolute Gasteiger partial charge is 0.367 e. The lowest BCUT2D eigenvalue weighted by atomic mass is 9.79. The minimum atomic E-state index is -4.55. The van der Waals surface area contributed by atoms with Gasteiger partial charge in [-0.3, -0.25) is 0 Å². The molecule has 1 aromatic carbocycles. The van der Waals surface area contributed by atoms with Gasteiger partial charge in [-0.2, -0.15) is 18.2 Å². The summed E-state index contributed by atoms with van der Waals surface area (Å²) in [5.74, 6) is 1.04. The number of nitrogens with zero attached hydrogens (tertiary/aromatic N) is 6. The molecule has 3 heterocycles. The van der Waals surface area contributed by atoms with Crippen molar-refractivity contribution < 1.29 is 13.2 Å². The standard InChI is InChI=1S/C23H30F3N9/c1-13-12-27-20(30-18(13)28-17-10-21(2,3)32-22(4,5)11-17)29-16-8-14(19-31-33-34-35(19)6)7-15(9-16)23(24,25)26/h7-9,12,17,32H,10-11H2,1-6H3,(H2,27,28,29,30). The van der Waals surface area contributed by atoms with Crippen molar-refractivity contribution in [3.05, 3.63) is 35.5 Å². The molecule has 0 spiro atoms. The fourth-order valence-corrected chi connectivity index (χ4v) is 4.86. The topological polar surface area (TPSA) is 105 Å². The second-order valence-electron chi connectivity index (χ2n) is 10.4. The average molecular weight is 490 g/mol. The van der Waals surface area contributed by atoms with Crippen molar-refractivity contribution in [1.82, 2.24) is 35.5 Å². The summed E-state index contributed by atoms with van der Waals surface area (Å²) in [5, 5.41) is 21.2. The molecule has 0 saturated carbocycles. The molecule has 1 aliphatic heterocycles. The molecule has 1 saturated heterocycles. The molecule has 3 aromatic rings. The molecule has 12 heteroatoms. The highest BCUT2D eigenvalue weighted by atomic mass is 19.4. The zero-order valence-electron chi connectivity index (χ0n) is 20.6. The highest BCUT2D eigenvalue weighted by Gasteiger charge is 2.38. The van der Waals surface area contributed by atoms with Crippen LogP contribution in [0.1, 0.15) is 51.7 Å². The van der Waals surface area contributed by atoms with Gasteiger partial charge in [0.25, 0.3) is 0 Å². The second kappa shape index (κ2) is 8.74. The van der Waals surface area contributed by atoms with Crippen molar-refractivity contribution in [2.75, 3.05) is 10.6 Å². The lowest BCUT2D eigenvalue weighted by molar-refractivity contribution is -0.137. The van der Waals surface area contributed by atoms with Gasteiger partial charge in [-0.25, -0.2) is 9.67 Å². The zero-order valence-corrected chi connectivity index (χ0v) is 20.6. The van der Waals surface area contributed by atoms with Crippen molar-refractivity contribution in [3.63, 3.8) is 0 Å². The van der Waals surface area contributed by atoms with Gasteiger partial charge in [0.05, 0.1) is 5.56 Å². The van der Waals surface area contributed by atoms with Crippen molar-refractivity contribution >= 4 is 17.5 Å². The molecule has 0 atom stereocenters. The van der Waals surface area contributed by atoms with Crippen LogP contribution in [0, 0.1) is 6.92 Å². The van der Waals surface area contributed by atoms with E-state index in [4.69, 9.17) is 0 Å². The van der Waals surface area contributed by atoms with E-state index in [-0.39, 0.29) is 40.1 Å². The molecule has 0 amide bonds. The van der Waals surface area contributed by atoms with Gasteiger partial charge in [0.1, 0.15) is 5.82 Å². The predicted molar refractivity (Wildman–Crippen MR) is 127 cm³/mol. The Morgan fingerprint density at radius 1 is 1.09 bits per heavy atom. The fourth-order valence-electron chi connectivity index (χ4n) is 4.86. The van der Waals surface area contributed by atoms with Gasteiger partial charge in [-0.15, -0.1) is 5.10 Å². The first-order valence-electron chi connectivity index (χ1n) is 11.3. The van der Waals surface area contributed by atoms with Gasteiger partial charge >= 0.3 is 6.18 Å². The number of alkyl halides is 3. The summed E-state index contributed by atoms with van der Waals surface area (Å²) < 4.78 is 42.1. The van der Waals surface area contributed by atoms with Crippen LogP contribution in [-0.2, 0) is 13.2 Å². The van der Waals surface area contributed by atoms with Gasteiger partial charge in [-0.1, -0.05) is 0 Å². The molecule has 188 valence electrons. The minimum Gasteiger partial charge on any atom is -0.367 e. The van der Waals surface area contributed by atoms with E-state index in [9.17, 15) is 13.2 Å². The van der Waals surface area contributed by atoms with E-state index in [1.807, 2.05) is 6.92 Å². The van der Waals surface area contributed by atoms with Crippen molar-refractivity contribution in [1.29, 1.82) is 0 Å². The number of anilines is 3. The van der Waals surface area contributed by atoms with Crippen LogP contribution in [0.3, 0.4) is 0 Å². The van der Waals surface area contributed by atoms with E-state index in [1.165, 1.54) is 10.7 Å². The Kier molecular flexibility index (Phi) is 6.20. The fraction of sp³-hybridized carbons (Fsp3) is 0.522. The van der Waals surface area contributed by atoms with Crippen molar-refractivity contribution in [2.24, 2.45) is 7.05 Å². The average Bonchev–Trinajstić information content (AvgIpc) is 3.13. The molecule has 4 rings (SSSR count). The van der Waals surface area contributed by atoms with Crippen LogP contribution in [0.5, 0.6) is 0 Å². The molecule has 3 N–H and O–H groups in total. The number of halogens is 3. The Labute approximate surface area is 201 Å². The molecule has 1 aliphatic rings. The van der Waals surface area contributed by atoms with Gasteiger partial charge in [0.15, 0.2) is 5.82 Å². The molecule has 1 fully saturated rings. The highest BCUT2D eigenvalue weighted by Crippen LogP contribution is 2.35. The highest BCUT2D eigenvalue weighted by molar-refractivity contribution is 5.67. The Morgan fingerprint density at radius 3 is 2.37 bits per heavy atom. The van der Waals surface area contributed by atoms with Crippen LogP contribution < -0.4 is 16.0 Å². The van der Waals surface area contributed by atoms with E-state index in [0.29, 0.717) is 5.82 Å². The van der Waals surface area contributed by atoms with Crippen LogP contribution in [0.25, 0.3) is 11.4 Å². The van der Waals surface area contributed by atoms with Crippen molar-refractivity contribution in [3.8, 4) is 11.4 Å². The molecule has 0 unspecified atom stereocenters. The zero-order chi connectivity index (χ0) is 25.6. The summed E-state index contributed by atoms with van der Waals surface area (Å²) in [5.41, 5.74) is 0.315. The van der Waals surface area contributed by atoms with E-state index >= 15 is 0 Å². The number of hydrogen-bond acceptors (Lipinski definition) is 8. The Morgan fingerprint density at radius 2 is 1.77 bits per heavy atom. The number of rotatable bonds is 5. The molecule has 9 nitrogen and oxygen atoms in total. The lowest BCUT2D eigenvalue weighted by Gasteiger charge is -2.46. The number of hydrogen-bond donors (Lipinski definition) is 3. The third-order valence-electron chi connectivity index (χ3n) is 5.90. The van der Waals surface area contributed by atoms with Crippen LogP contribution in [0.2, 0.25) is 0 Å². The first kappa shape index (κ1) is 24.8. The summed E-state index contributed by atoms with van der Waals surface area (Å²) in [6.07, 6.45) is -1.11. The third-order valence-corrected chi connectivity index (χ3v) is 5.90. The van der Waals surface area contributed by atoms with Gasteiger partial charge in [-0.05, 0) is 76.1 Å². The van der Waals surface area contributed by atoms with Crippen molar-refractivity contribution in [2.45, 2.75) is 70.8 Å².